The highest BCUT2D eigenvalue weighted by Gasteiger charge is 2.35. The SMILES string of the molecule is O=C(NC(Cc1ccccn1)C1CC(O)C1)c1cc2c(Cl)cccc2[nH]1. The molecule has 26 heavy (non-hydrogen) atoms. The average Bonchev–Trinajstić information content (AvgIpc) is 3.05. The van der Waals surface area contributed by atoms with Crippen molar-refractivity contribution in [3.8, 4) is 0 Å². The molecule has 0 radical (unpaired) electrons. The van der Waals surface area contributed by atoms with Crippen molar-refractivity contribution < 1.29 is 9.90 Å². The second-order valence-corrected chi connectivity index (χ2v) is 7.28. The standard InChI is InChI=1S/C20H20ClN3O2/c21-16-5-3-6-17-15(16)11-19(23-17)20(26)24-18(12-8-14(25)9-12)10-13-4-1-2-7-22-13/h1-7,11-12,14,18,23,25H,8-10H2,(H,24,26). The molecule has 3 N–H and O–H groups in total. The van der Waals surface area contributed by atoms with E-state index in [0.717, 1.165) is 16.6 Å². The number of aromatic amines is 1. The van der Waals surface area contributed by atoms with Gasteiger partial charge in [0.2, 0.25) is 0 Å². The number of hydrogen-bond donors (Lipinski definition) is 3. The maximum atomic E-state index is 12.8. The van der Waals surface area contributed by atoms with Crippen molar-refractivity contribution in [1.29, 1.82) is 0 Å². The number of nitrogens with one attached hydrogen (secondary N) is 2. The van der Waals surface area contributed by atoms with E-state index in [9.17, 15) is 9.90 Å². The van der Waals surface area contributed by atoms with Crippen molar-refractivity contribution in [1.82, 2.24) is 15.3 Å². The Bertz CT molecular complexity index is 919. The molecular formula is C20H20ClN3O2. The molecule has 6 heteroatoms. The maximum absolute atomic E-state index is 12.8. The van der Waals surface area contributed by atoms with E-state index in [2.05, 4.69) is 15.3 Å². The second kappa shape index (κ2) is 7.09. The molecule has 1 amide bonds. The highest BCUT2D eigenvalue weighted by molar-refractivity contribution is 6.35. The molecule has 1 aromatic carbocycles. The van der Waals surface area contributed by atoms with Crippen LogP contribution in [0.5, 0.6) is 0 Å². The van der Waals surface area contributed by atoms with Gasteiger partial charge in [0.15, 0.2) is 0 Å². The first-order valence-corrected chi connectivity index (χ1v) is 9.14. The number of hydrogen-bond acceptors (Lipinski definition) is 3. The zero-order valence-electron chi connectivity index (χ0n) is 14.2. The van der Waals surface area contributed by atoms with E-state index in [1.807, 2.05) is 30.3 Å². The Morgan fingerprint density at radius 2 is 2.15 bits per heavy atom. The summed E-state index contributed by atoms with van der Waals surface area (Å²) in [6.45, 7) is 0. The minimum Gasteiger partial charge on any atom is -0.393 e. The number of aromatic nitrogens is 2. The molecule has 0 bridgehead atoms. The van der Waals surface area contributed by atoms with Gasteiger partial charge in [0.25, 0.3) is 5.91 Å². The number of pyridine rings is 1. The Morgan fingerprint density at radius 3 is 2.85 bits per heavy atom. The number of carbonyl (C=O) groups excluding carboxylic acids is 1. The molecule has 1 atom stereocenters. The van der Waals surface area contributed by atoms with Gasteiger partial charge in [-0.1, -0.05) is 23.7 Å². The molecule has 1 saturated carbocycles. The van der Waals surface area contributed by atoms with Crippen LogP contribution in [-0.4, -0.2) is 33.1 Å². The largest absolute Gasteiger partial charge is 0.393 e. The summed E-state index contributed by atoms with van der Waals surface area (Å²) in [6, 6.07) is 13.0. The summed E-state index contributed by atoms with van der Waals surface area (Å²) in [5, 5.41) is 14.2. The third-order valence-electron chi connectivity index (χ3n) is 5.05. The lowest BCUT2D eigenvalue weighted by molar-refractivity contribution is 0.0237. The van der Waals surface area contributed by atoms with Gasteiger partial charge in [-0.2, -0.15) is 0 Å². The maximum Gasteiger partial charge on any atom is 0.267 e. The van der Waals surface area contributed by atoms with Gasteiger partial charge in [-0.3, -0.25) is 9.78 Å². The number of fused-ring (bicyclic) bond motifs is 1. The lowest BCUT2D eigenvalue weighted by Crippen LogP contribution is -2.48. The molecule has 1 aliphatic carbocycles. The lowest BCUT2D eigenvalue weighted by Gasteiger charge is -2.38. The summed E-state index contributed by atoms with van der Waals surface area (Å²) in [6.07, 6.45) is 3.54. The van der Waals surface area contributed by atoms with Crippen LogP contribution in [0.4, 0.5) is 0 Å². The number of H-pyrrole nitrogens is 1. The number of nitrogens with zero attached hydrogens (tertiary/aromatic N) is 1. The number of amides is 1. The summed E-state index contributed by atoms with van der Waals surface area (Å²) in [7, 11) is 0. The average molecular weight is 370 g/mol. The normalized spacial score (nSPS) is 20.5. The van der Waals surface area contributed by atoms with Crippen molar-refractivity contribution >= 4 is 28.4 Å². The number of aliphatic hydroxyl groups excluding tert-OH is 1. The van der Waals surface area contributed by atoms with Crippen LogP contribution >= 0.6 is 11.6 Å². The third kappa shape index (κ3) is 3.45. The van der Waals surface area contributed by atoms with Crippen LogP contribution in [0.25, 0.3) is 10.9 Å². The summed E-state index contributed by atoms with van der Waals surface area (Å²) >= 11 is 6.20. The first-order chi connectivity index (χ1) is 12.6. The number of carbonyl (C=O) groups is 1. The van der Waals surface area contributed by atoms with Crippen LogP contribution in [0.15, 0.2) is 48.7 Å². The van der Waals surface area contributed by atoms with Crippen LogP contribution in [0.3, 0.4) is 0 Å². The molecule has 1 unspecified atom stereocenters. The summed E-state index contributed by atoms with van der Waals surface area (Å²) in [5.74, 6) is 0.0866. The van der Waals surface area contributed by atoms with Crippen LogP contribution in [0.1, 0.15) is 29.0 Å². The van der Waals surface area contributed by atoms with Gasteiger partial charge in [0.1, 0.15) is 5.69 Å². The van der Waals surface area contributed by atoms with E-state index in [-0.39, 0.29) is 24.0 Å². The van der Waals surface area contributed by atoms with E-state index in [4.69, 9.17) is 11.6 Å². The van der Waals surface area contributed by atoms with Crippen LogP contribution in [0, 0.1) is 5.92 Å². The van der Waals surface area contributed by atoms with E-state index in [1.165, 1.54) is 0 Å². The molecule has 1 aliphatic rings. The Kier molecular flexibility index (Phi) is 4.66. The van der Waals surface area contributed by atoms with E-state index >= 15 is 0 Å². The second-order valence-electron chi connectivity index (χ2n) is 6.87. The molecule has 0 saturated heterocycles. The summed E-state index contributed by atoms with van der Waals surface area (Å²) in [5.41, 5.74) is 2.25. The molecule has 1 fully saturated rings. The van der Waals surface area contributed by atoms with Crippen molar-refractivity contribution in [3.63, 3.8) is 0 Å². The molecular weight excluding hydrogens is 350 g/mol. The molecule has 5 nitrogen and oxygen atoms in total. The first-order valence-electron chi connectivity index (χ1n) is 8.76. The monoisotopic (exact) mass is 369 g/mol. The molecule has 2 aromatic heterocycles. The van der Waals surface area contributed by atoms with Gasteiger partial charge in [-0.25, -0.2) is 0 Å². The smallest absolute Gasteiger partial charge is 0.267 e. The fourth-order valence-electron chi connectivity index (χ4n) is 3.52. The van der Waals surface area contributed by atoms with Crippen molar-refractivity contribution in [2.45, 2.75) is 31.4 Å². The molecule has 4 rings (SSSR count). The van der Waals surface area contributed by atoms with Crippen molar-refractivity contribution in [2.75, 3.05) is 0 Å². The van der Waals surface area contributed by atoms with Gasteiger partial charge < -0.3 is 15.4 Å². The number of benzene rings is 1. The zero-order chi connectivity index (χ0) is 18.1. The summed E-state index contributed by atoms with van der Waals surface area (Å²) in [4.78, 5) is 20.3. The van der Waals surface area contributed by atoms with Crippen molar-refractivity contribution in [2.24, 2.45) is 5.92 Å². The molecule has 134 valence electrons. The number of halogens is 1. The molecule has 0 spiro atoms. The van der Waals surface area contributed by atoms with Gasteiger partial charge >= 0.3 is 0 Å². The van der Waals surface area contributed by atoms with Gasteiger partial charge in [-0.15, -0.1) is 0 Å². The highest BCUT2D eigenvalue weighted by atomic mass is 35.5. The molecule has 3 aromatic rings. The Balaban J connectivity index is 1.54. The molecule has 2 heterocycles. The topological polar surface area (TPSA) is 78.0 Å². The van der Waals surface area contributed by atoms with Crippen LogP contribution in [-0.2, 0) is 6.42 Å². The zero-order valence-corrected chi connectivity index (χ0v) is 14.9. The van der Waals surface area contributed by atoms with Crippen LogP contribution in [0.2, 0.25) is 5.02 Å². The predicted molar refractivity (Wildman–Crippen MR) is 101 cm³/mol. The minimum atomic E-state index is -0.269. The molecule has 0 aliphatic heterocycles. The van der Waals surface area contributed by atoms with E-state index in [0.29, 0.717) is 30.0 Å². The first kappa shape index (κ1) is 17.1. The number of rotatable bonds is 5. The number of aliphatic hydroxyl groups is 1. The fraction of sp³-hybridized carbons (Fsp3) is 0.300. The third-order valence-corrected chi connectivity index (χ3v) is 5.38. The predicted octanol–water partition coefficient (Wildman–Crippen LogP) is 3.33. The Hall–Kier alpha value is -2.37. The van der Waals surface area contributed by atoms with Crippen molar-refractivity contribution in [3.05, 3.63) is 65.1 Å². The van der Waals surface area contributed by atoms with Gasteiger partial charge in [0, 0.05) is 40.3 Å². The lowest BCUT2D eigenvalue weighted by atomic mass is 9.76. The van der Waals surface area contributed by atoms with E-state index in [1.54, 1.807) is 18.3 Å². The highest BCUT2D eigenvalue weighted by Crippen LogP contribution is 2.32. The summed E-state index contributed by atoms with van der Waals surface area (Å²) < 4.78 is 0. The minimum absolute atomic E-state index is 0.0670. The van der Waals surface area contributed by atoms with Crippen LogP contribution < -0.4 is 5.32 Å². The Labute approximate surface area is 156 Å². The van der Waals surface area contributed by atoms with E-state index < -0.39 is 0 Å². The van der Waals surface area contributed by atoms with Gasteiger partial charge in [0.05, 0.1) is 6.10 Å². The quantitative estimate of drug-likeness (QED) is 0.645. The fourth-order valence-corrected chi connectivity index (χ4v) is 3.75. The Morgan fingerprint density at radius 1 is 1.31 bits per heavy atom. The van der Waals surface area contributed by atoms with Gasteiger partial charge in [-0.05, 0) is 49.1 Å².